The zero-order valence-electron chi connectivity index (χ0n) is 9.53. The van der Waals surface area contributed by atoms with Gasteiger partial charge >= 0.3 is 8.80 Å². The van der Waals surface area contributed by atoms with Crippen LogP contribution in [0.15, 0.2) is 11.4 Å². The molecule has 0 N–H and O–H groups in total. The van der Waals surface area contributed by atoms with Crippen molar-refractivity contribution in [3.8, 4) is 23.9 Å². The van der Waals surface area contributed by atoms with Crippen molar-refractivity contribution in [2.75, 3.05) is 21.3 Å². The normalized spacial score (nSPS) is 12.4. The molecular formula is C10H16O3Si2. The van der Waals surface area contributed by atoms with Crippen LogP contribution in [0.5, 0.6) is 0 Å². The number of rotatable bonds is 5. The minimum atomic E-state index is -2.70. The summed E-state index contributed by atoms with van der Waals surface area (Å²) in [6, 6.07) is 0. The topological polar surface area (TPSA) is 27.7 Å². The quantitative estimate of drug-likeness (QED) is 0.528. The van der Waals surface area contributed by atoms with Gasteiger partial charge in [-0.3, -0.25) is 0 Å². The van der Waals surface area contributed by atoms with Crippen molar-refractivity contribution in [2.45, 2.75) is 6.55 Å². The minimum absolute atomic E-state index is 1.54. The van der Waals surface area contributed by atoms with E-state index >= 15 is 0 Å². The van der Waals surface area contributed by atoms with Gasteiger partial charge < -0.3 is 13.3 Å². The van der Waals surface area contributed by atoms with Crippen LogP contribution in [0.3, 0.4) is 0 Å². The third-order valence-corrected chi connectivity index (χ3v) is 6.72. The summed E-state index contributed by atoms with van der Waals surface area (Å²) in [6.45, 7) is 1.89. The van der Waals surface area contributed by atoms with E-state index in [1.54, 1.807) is 5.70 Å². The Labute approximate surface area is 93.8 Å². The lowest BCUT2D eigenvalue weighted by Crippen LogP contribution is -2.42. The lowest BCUT2D eigenvalue weighted by Gasteiger charge is -2.21. The first-order valence-electron chi connectivity index (χ1n) is 4.33. The Morgan fingerprint density at radius 1 is 0.933 bits per heavy atom. The lowest BCUT2D eigenvalue weighted by atomic mass is 11.2. The van der Waals surface area contributed by atoms with E-state index in [9.17, 15) is 0 Å². The van der Waals surface area contributed by atoms with E-state index in [1.807, 2.05) is 12.2 Å². The largest absolute Gasteiger partial charge is 0.528 e. The number of terminal acetylenes is 2. The monoisotopic (exact) mass is 240 g/mol. The Hall–Kier alpha value is -0.826. The standard InChI is InChI=1S/C10H16O3Si2/c1-7-14(6,8-2)9-10-15(11-3,12-4)13-5/h1-2,9-10H,3-6H3/b10-9+. The molecule has 0 aromatic heterocycles. The van der Waals surface area contributed by atoms with Gasteiger partial charge in [0.1, 0.15) is 0 Å². The molecule has 0 fully saturated rings. The van der Waals surface area contributed by atoms with E-state index in [-0.39, 0.29) is 0 Å². The molecule has 0 atom stereocenters. The van der Waals surface area contributed by atoms with Crippen molar-refractivity contribution in [3.05, 3.63) is 11.4 Å². The molecule has 0 aliphatic carbocycles. The Kier molecular flexibility index (Phi) is 5.59. The van der Waals surface area contributed by atoms with Gasteiger partial charge in [-0.2, -0.15) is 0 Å². The highest BCUT2D eigenvalue weighted by Crippen LogP contribution is 2.10. The van der Waals surface area contributed by atoms with Crippen LogP contribution in [0, 0.1) is 23.9 Å². The molecule has 0 unspecified atom stereocenters. The van der Waals surface area contributed by atoms with Gasteiger partial charge in [0.15, 0.2) is 0 Å². The SMILES string of the molecule is C#C[Si](C)(C#C)/C=C/[Si](OC)(OC)OC. The first kappa shape index (κ1) is 14.2. The highest BCUT2D eigenvalue weighted by atomic mass is 28.4. The lowest BCUT2D eigenvalue weighted by molar-refractivity contribution is 0.138. The van der Waals surface area contributed by atoms with Crippen LogP contribution in [-0.2, 0) is 13.3 Å². The molecule has 0 aliphatic rings. The highest BCUT2D eigenvalue weighted by Gasteiger charge is 2.35. The fourth-order valence-corrected chi connectivity index (χ4v) is 4.19. The second-order valence-corrected chi connectivity index (χ2v) is 9.12. The first-order chi connectivity index (χ1) is 7.01. The van der Waals surface area contributed by atoms with Crippen molar-refractivity contribution < 1.29 is 13.3 Å². The molecule has 0 saturated carbocycles. The fourth-order valence-electron chi connectivity index (χ4n) is 0.861. The smallest absolute Gasteiger partial charge is 0.374 e. The summed E-state index contributed by atoms with van der Waals surface area (Å²) in [6.07, 6.45) is 10.8. The molecule has 0 spiro atoms. The predicted octanol–water partition coefficient (Wildman–Crippen LogP) is 0.922. The molecule has 3 nitrogen and oxygen atoms in total. The van der Waals surface area contributed by atoms with Crippen LogP contribution < -0.4 is 0 Å². The summed E-state index contributed by atoms with van der Waals surface area (Å²) in [5.41, 5.74) is 8.87. The van der Waals surface area contributed by atoms with Crippen molar-refractivity contribution in [1.82, 2.24) is 0 Å². The summed E-state index contributed by atoms with van der Waals surface area (Å²) >= 11 is 0. The molecule has 0 aliphatic heterocycles. The van der Waals surface area contributed by atoms with Gasteiger partial charge in [0.2, 0.25) is 8.07 Å². The number of hydrogen-bond acceptors (Lipinski definition) is 3. The zero-order chi connectivity index (χ0) is 11.9. The highest BCUT2D eigenvalue weighted by molar-refractivity contribution is 6.97. The molecule has 0 aromatic rings. The van der Waals surface area contributed by atoms with Crippen LogP contribution in [0.1, 0.15) is 0 Å². The maximum Gasteiger partial charge on any atom is 0.528 e. The molecular weight excluding hydrogens is 224 g/mol. The second kappa shape index (κ2) is 5.91. The molecule has 0 aromatic carbocycles. The summed E-state index contributed by atoms with van der Waals surface area (Å²) in [5, 5.41) is 0. The van der Waals surface area contributed by atoms with Crippen LogP contribution in [0.25, 0.3) is 0 Å². The molecule has 0 rings (SSSR count). The average molecular weight is 240 g/mol. The van der Waals surface area contributed by atoms with E-state index < -0.39 is 16.9 Å². The van der Waals surface area contributed by atoms with E-state index in [2.05, 4.69) is 11.1 Å². The van der Waals surface area contributed by atoms with E-state index in [1.165, 1.54) is 21.3 Å². The molecule has 0 heterocycles. The Morgan fingerprint density at radius 2 is 1.33 bits per heavy atom. The first-order valence-corrected chi connectivity index (χ1v) is 8.70. The van der Waals surface area contributed by atoms with Gasteiger partial charge in [0, 0.05) is 21.3 Å². The van der Waals surface area contributed by atoms with Gasteiger partial charge in [0.25, 0.3) is 0 Å². The summed E-state index contributed by atoms with van der Waals surface area (Å²) < 4.78 is 15.6. The minimum Gasteiger partial charge on any atom is -0.374 e. The second-order valence-electron chi connectivity index (χ2n) is 3.04. The molecule has 15 heavy (non-hydrogen) atoms. The van der Waals surface area contributed by atoms with Crippen molar-refractivity contribution in [2.24, 2.45) is 0 Å². The fraction of sp³-hybridized carbons (Fsp3) is 0.400. The molecule has 0 bridgehead atoms. The molecule has 0 amide bonds. The van der Waals surface area contributed by atoms with Crippen LogP contribution in [-0.4, -0.2) is 38.2 Å². The van der Waals surface area contributed by atoms with Crippen LogP contribution in [0.2, 0.25) is 6.55 Å². The van der Waals surface area contributed by atoms with E-state index in [0.29, 0.717) is 0 Å². The Balaban J connectivity index is 4.92. The van der Waals surface area contributed by atoms with Gasteiger partial charge in [-0.05, 0) is 12.2 Å². The maximum atomic E-state index is 5.38. The van der Waals surface area contributed by atoms with Crippen molar-refractivity contribution in [3.63, 3.8) is 0 Å². The van der Waals surface area contributed by atoms with Gasteiger partial charge in [-0.1, -0.05) is 5.70 Å². The third kappa shape index (κ3) is 3.67. The van der Waals surface area contributed by atoms with Gasteiger partial charge in [0.05, 0.1) is 0 Å². The van der Waals surface area contributed by atoms with Crippen LogP contribution in [0.4, 0.5) is 0 Å². The van der Waals surface area contributed by atoms with Crippen molar-refractivity contribution >= 4 is 16.9 Å². The summed E-state index contributed by atoms with van der Waals surface area (Å²) in [5.74, 6) is 0. The number of hydrogen-bond donors (Lipinski definition) is 0. The van der Waals surface area contributed by atoms with Crippen molar-refractivity contribution in [1.29, 1.82) is 0 Å². The summed E-state index contributed by atoms with van der Waals surface area (Å²) in [7, 11) is -0.275. The zero-order valence-corrected chi connectivity index (χ0v) is 11.5. The van der Waals surface area contributed by atoms with Gasteiger partial charge in [-0.15, -0.1) is 23.9 Å². The van der Waals surface area contributed by atoms with E-state index in [4.69, 9.17) is 26.1 Å². The molecule has 82 valence electrons. The predicted molar refractivity (Wildman–Crippen MR) is 65.2 cm³/mol. The summed E-state index contributed by atoms with van der Waals surface area (Å²) in [4.78, 5) is 0. The average Bonchev–Trinajstić information content (AvgIpc) is 2.31. The van der Waals surface area contributed by atoms with E-state index in [0.717, 1.165) is 0 Å². The Morgan fingerprint density at radius 3 is 1.60 bits per heavy atom. The maximum absolute atomic E-state index is 5.38. The molecule has 0 radical (unpaired) electrons. The third-order valence-electron chi connectivity index (χ3n) is 2.07. The molecule has 0 saturated heterocycles. The van der Waals surface area contributed by atoms with Gasteiger partial charge in [-0.25, -0.2) is 0 Å². The van der Waals surface area contributed by atoms with Crippen LogP contribution >= 0.6 is 0 Å². The Bertz CT molecular complexity index is 285. The molecule has 5 heteroatoms.